The number of amides is 2. The van der Waals surface area contributed by atoms with Crippen molar-refractivity contribution >= 4 is 62.5 Å². The van der Waals surface area contributed by atoms with Gasteiger partial charge in [-0.1, -0.05) is 10.3 Å². The molecule has 0 aromatic carbocycles. The number of hydrogen-bond donors (Lipinski definition) is 5. The van der Waals surface area contributed by atoms with E-state index >= 15 is 0 Å². The van der Waals surface area contributed by atoms with Gasteiger partial charge < -0.3 is 30.9 Å². The molecule has 6 N–H and O–H groups in total. The number of thiazole rings is 1. The second kappa shape index (κ2) is 9.97. The molecular weight excluding hydrogens is 504 g/mol. The summed E-state index contributed by atoms with van der Waals surface area (Å²) < 4.78 is 32.2. The molecule has 0 radical (unpaired) electrons. The van der Waals surface area contributed by atoms with E-state index in [4.69, 9.17) is 20.8 Å². The van der Waals surface area contributed by atoms with Gasteiger partial charge in [0.25, 0.3) is 11.8 Å². The molecule has 34 heavy (non-hydrogen) atoms. The van der Waals surface area contributed by atoms with Crippen molar-refractivity contribution in [1.29, 1.82) is 0 Å². The summed E-state index contributed by atoms with van der Waals surface area (Å²) in [6.45, 7) is 1.56. The third kappa shape index (κ3) is 6.14. The SMILES string of the molecule is CC(C)(ON=C(C(=O)NC1C(=O)N(S(=O)(=O)O)C1CON=CC(=O)O)c1csc(N)n1)C(=O)O. The molecule has 2 heterocycles. The van der Waals surface area contributed by atoms with Crippen LogP contribution in [0.4, 0.5) is 5.13 Å². The van der Waals surface area contributed by atoms with Gasteiger partial charge in [-0.05, 0) is 13.8 Å². The van der Waals surface area contributed by atoms with Gasteiger partial charge in [0.1, 0.15) is 24.4 Å². The van der Waals surface area contributed by atoms with Crippen LogP contribution in [-0.2, 0) is 39.2 Å². The summed E-state index contributed by atoms with van der Waals surface area (Å²) in [5, 5.41) is 27.7. The molecule has 0 aliphatic carbocycles. The Morgan fingerprint density at radius 2 is 2.03 bits per heavy atom. The number of nitrogens with one attached hydrogen (secondary N) is 1. The fourth-order valence-corrected chi connectivity index (χ4v) is 3.75. The number of β-lactam (4-membered cyclic amide) rings is 1. The Morgan fingerprint density at radius 1 is 1.38 bits per heavy atom. The third-order valence-corrected chi connectivity index (χ3v) is 5.67. The Kier molecular flexibility index (Phi) is 7.74. The molecule has 0 spiro atoms. The number of oxime groups is 2. The number of carbonyl (C=O) groups is 4. The lowest BCUT2D eigenvalue weighted by atomic mass is 9.99. The molecule has 19 heteroatoms. The highest BCUT2D eigenvalue weighted by atomic mass is 32.2. The maximum Gasteiger partial charge on any atom is 0.362 e. The van der Waals surface area contributed by atoms with Gasteiger partial charge in [0.2, 0.25) is 5.60 Å². The molecule has 1 fully saturated rings. The molecule has 1 aromatic rings. The van der Waals surface area contributed by atoms with Gasteiger partial charge >= 0.3 is 22.2 Å². The fourth-order valence-electron chi connectivity index (χ4n) is 2.34. The van der Waals surface area contributed by atoms with E-state index < -0.39 is 64.1 Å². The molecule has 2 atom stereocenters. The Morgan fingerprint density at radius 3 is 2.53 bits per heavy atom. The number of aliphatic carboxylic acids is 2. The lowest BCUT2D eigenvalue weighted by Gasteiger charge is -2.43. The van der Waals surface area contributed by atoms with Crippen molar-refractivity contribution in [2.24, 2.45) is 10.3 Å². The normalized spacial score (nSPS) is 19.0. The number of anilines is 1. The van der Waals surface area contributed by atoms with Crippen molar-refractivity contribution in [3.63, 3.8) is 0 Å². The van der Waals surface area contributed by atoms with Crippen LogP contribution in [0, 0.1) is 0 Å². The minimum atomic E-state index is -5.06. The summed E-state index contributed by atoms with van der Waals surface area (Å²) in [4.78, 5) is 60.2. The number of nitrogen functional groups attached to an aromatic ring is 1. The molecule has 186 valence electrons. The summed E-state index contributed by atoms with van der Waals surface area (Å²) >= 11 is 0.912. The highest BCUT2D eigenvalue weighted by molar-refractivity contribution is 7.84. The Labute approximate surface area is 194 Å². The van der Waals surface area contributed by atoms with Gasteiger partial charge in [0.15, 0.2) is 17.1 Å². The molecule has 2 amide bonds. The fraction of sp³-hybridized carbons (Fsp3) is 0.400. The summed E-state index contributed by atoms with van der Waals surface area (Å²) in [5.74, 6) is -5.28. The largest absolute Gasteiger partial charge is 0.478 e. The summed E-state index contributed by atoms with van der Waals surface area (Å²) in [5.41, 5.74) is 2.95. The standard InChI is InChI=1S/C15H18N6O11S2/c1-15(2,13(26)27)32-20-9(6-5-33-14(16)18-6)11(24)19-10-7(4-31-17-3-8(22)23)21(12(10)25)34(28,29)30/h3,5,7,10H,4H2,1-2H3,(H2,16,18)(H,19,24)(H,22,23)(H,26,27)(H,28,29,30). The van der Waals surface area contributed by atoms with Crippen molar-refractivity contribution in [2.45, 2.75) is 31.5 Å². The van der Waals surface area contributed by atoms with Crippen LogP contribution in [0.2, 0.25) is 0 Å². The van der Waals surface area contributed by atoms with Crippen molar-refractivity contribution in [1.82, 2.24) is 14.6 Å². The zero-order chi connectivity index (χ0) is 25.8. The summed E-state index contributed by atoms with van der Waals surface area (Å²) in [6, 6.07) is -3.11. The molecule has 0 saturated carbocycles. The quantitative estimate of drug-likeness (QED) is 0.0903. The first kappa shape index (κ1) is 26.4. The van der Waals surface area contributed by atoms with Gasteiger partial charge in [-0.25, -0.2) is 18.9 Å². The number of rotatable bonds is 11. The Hall–Kier alpha value is -3.84. The first-order valence-electron chi connectivity index (χ1n) is 8.86. The van der Waals surface area contributed by atoms with Crippen LogP contribution in [0.25, 0.3) is 0 Å². The smallest absolute Gasteiger partial charge is 0.362 e. The lowest BCUT2D eigenvalue weighted by Crippen LogP contribution is -2.73. The van der Waals surface area contributed by atoms with Crippen molar-refractivity contribution in [3.8, 4) is 0 Å². The number of nitrogens with zero attached hydrogens (tertiary/aromatic N) is 4. The van der Waals surface area contributed by atoms with Gasteiger partial charge in [0, 0.05) is 5.38 Å². The predicted octanol–water partition coefficient (Wildman–Crippen LogP) is -2.11. The van der Waals surface area contributed by atoms with Crippen molar-refractivity contribution in [3.05, 3.63) is 11.1 Å². The summed E-state index contributed by atoms with van der Waals surface area (Å²) in [7, 11) is -5.06. The van der Waals surface area contributed by atoms with Gasteiger partial charge in [-0.3, -0.25) is 14.1 Å². The number of carboxylic acids is 2. The first-order chi connectivity index (χ1) is 15.6. The summed E-state index contributed by atoms with van der Waals surface area (Å²) in [6.07, 6.45) is 0.338. The topological polar surface area (TPSA) is 260 Å². The highest BCUT2D eigenvalue weighted by Gasteiger charge is 2.55. The Balaban J connectivity index is 2.29. The van der Waals surface area contributed by atoms with Crippen LogP contribution < -0.4 is 11.1 Å². The molecule has 17 nitrogen and oxygen atoms in total. The molecule has 2 rings (SSSR count). The molecule has 1 saturated heterocycles. The molecule has 1 aromatic heterocycles. The van der Waals surface area contributed by atoms with Crippen LogP contribution in [0.3, 0.4) is 0 Å². The minimum absolute atomic E-state index is 0.00405. The van der Waals surface area contributed by atoms with E-state index in [1.807, 2.05) is 0 Å². The number of hydrogen-bond acceptors (Lipinski definition) is 13. The molecule has 1 aliphatic rings. The van der Waals surface area contributed by atoms with E-state index in [1.54, 1.807) is 0 Å². The number of carboxylic acid groups (broad SMARTS) is 2. The van der Waals surface area contributed by atoms with Gasteiger partial charge in [-0.2, -0.15) is 8.42 Å². The molecule has 1 aliphatic heterocycles. The van der Waals surface area contributed by atoms with E-state index in [0.29, 0.717) is 6.21 Å². The maximum atomic E-state index is 12.8. The Bertz CT molecular complexity index is 1160. The highest BCUT2D eigenvalue weighted by Crippen LogP contribution is 2.24. The molecule has 2 unspecified atom stereocenters. The van der Waals surface area contributed by atoms with E-state index in [9.17, 15) is 32.1 Å². The zero-order valence-corrected chi connectivity index (χ0v) is 18.9. The monoisotopic (exact) mass is 522 g/mol. The van der Waals surface area contributed by atoms with E-state index in [1.165, 1.54) is 5.38 Å². The van der Waals surface area contributed by atoms with E-state index in [0.717, 1.165) is 25.2 Å². The molecule has 0 bridgehead atoms. The number of nitrogens with two attached hydrogens (primary N) is 1. The van der Waals surface area contributed by atoms with Crippen LogP contribution >= 0.6 is 11.3 Å². The minimum Gasteiger partial charge on any atom is -0.478 e. The van der Waals surface area contributed by atoms with Crippen molar-refractivity contribution < 1.29 is 52.0 Å². The van der Waals surface area contributed by atoms with Crippen LogP contribution in [0.15, 0.2) is 15.7 Å². The number of carbonyl (C=O) groups excluding carboxylic acids is 2. The molecular formula is C15H18N6O11S2. The van der Waals surface area contributed by atoms with Crippen LogP contribution in [-0.4, -0.2) is 92.4 Å². The average Bonchev–Trinajstić information content (AvgIpc) is 3.12. The third-order valence-electron chi connectivity index (χ3n) is 4.05. The maximum absolute atomic E-state index is 12.8. The number of aromatic nitrogens is 1. The lowest BCUT2D eigenvalue weighted by molar-refractivity contribution is -0.161. The van der Waals surface area contributed by atoms with Gasteiger partial charge in [-0.15, -0.1) is 11.3 Å². The van der Waals surface area contributed by atoms with Gasteiger partial charge in [0.05, 0.1) is 0 Å². The van der Waals surface area contributed by atoms with Crippen LogP contribution in [0.5, 0.6) is 0 Å². The predicted molar refractivity (Wildman–Crippen MR) is 112 cm³/mol. The van der Waals surface area contributed by atoms with E-state index in [2.05, 4.69) is 25.4 Å². The zero-order valence-electron chi connectivity index (χ0n) is 17.3. The second-order valence-electron chi connectivity index (χ2n) is 6.92. The average molecular weight is 522 g/mol. The second-order valence-corrected chi connectivity index (χ2v) is 9.10. The van der Waals surface area contributed by atoms with Crippen molar-refractivity contribution in [2.75, 3.05) is 12.3 Å². The first-order valence-corrected chi connectivity index (χ1v) is 11.1. The van der Waals surface area contributed by atoms with Crippen LogP contribution in [0.1, 0.15) is 19.5 Å². The van der Waals surface area contributed by atoms with E-state index in [-0.39, 0.29) is 15.1 Å².